The van der Waals surface area contributed by atoms with Crippen molar-refractivity contribution in [2.75, 3.05) is 6.54 Å². The molecule has 5 heteroatoms. The van der Waals surface area contributed by atoms with Gasteiger partial charge >= 0.3 is 0 Å². The number of carbonyl (C=O) groups is 1. The molecule has 0 bridgehead atoms. The van der Waals surface area contributed by atoms with Gasteiger partial charge in [0.25, 0.3) is 0 Å². The van der Waals surface area contributed by atoms with Crippen LogP contribution in [0.1, 0.15) is 43.5 Å². The van der Waals surface area contributed by atoms with Crippen LogP contribution in [0.5, 0.6) is 0 Å². The minimum atomic E-state index is 0.229. The Labute approximate surface area is 113 Å². The summed E-state index contributed by atoms with van der Waals surface area (Å²) in [5.74, 6) is 0.229. The highest BCUT2D eigenvalue weighted by Crippen LogP contribution is 2.20. The summed E-state index contributed by atoms with van der Waals surface area (Å²) in [6.45, 7) is 2.58. The lowest BCUT2D eigenvalue weighted by Crippen LogP contribution is -2.08. The van der Waals surface area contributed by atoms with E-state index >= 15 is 0 Å². The van der Waals surface area contributed by atoms with Crippen molar-refractivity contribution in [3.8, 4) is 0 Å². The molecule has 0 fully saturated rings. The van der Waals surface area contributed by atoms with Crippen LogP contribution in [0.25, 0.3) is 0 Å². The molecule has 1 heterocycles. The van der Waals surface area contributed by atoms with Crippen molar-refractivity contribution in [3.05, 3.63) is 16.4 Å². The Kier molecular flexibility index (Phi) is 6.36. The van der Waals surface area contributed by atoms with Crippen LogP contribution in [-0.2, 0) is 18.3 Å². The smallest absolute Gasteiger partial charge is 0.138 e. The van der Waals surface area contributed by atoms with Crippen LogP contribution >= 0.6 is 11.6 Å². The molecule has 102 valence electrons. The second kappa shape index (κ2) is 7.54. The van der Waals surface area contributed by atoms with Crippen molar-refractivity contribution in [1.29, 1.82) is 0 Å². The van der Waals surface area contributed by atoms with E-state index in [1.165, 1.54) is 0 Å². The number of rotatable bonds is 8. The van der Waals surface area contributed by atoms with Crippen LogP contribution in [0, 0.1) is 6.92 Å². The molecular formula is C13H22ClN3O. The van der Waals surface area contributed by atoms with Crippen LogP contribution < -0.4 is 5.73 Å². The van der Waals surface area contributed by atoms with Crippen LogP contribution in [0.3, 0.4) is 0 Å². The maximum Gasteiger partial charge on any atom is 0.138 e. The quantitative estimate of drug-likeness (QED) is 0.739. The molecule has 0 unspecified atom stereocenters. The fourth-order valence-electron chi connectivity index (χ4n) is 1.97. The van der Waals surface area contributed by atoms with Gasteiger partial charge in [0.2, 0.25) is 0 Å². The number of carbonyl (C=O) groups excluding carboxylic acids is 1. The molecule has 2 N–H and O–H groups in total. The highest BCUT2D eigenvalue weighted by atomic mass is 35.5. The van der Waals surface area contributed by atoms with Crippen molar-refractivity contribution in [2.24, 2.45) is 12.8 Å². The average Bonchev–Trinajstić information content (AvgIpc) is 2.56. The fraction of sp³-hybridized carbons (Fsp3) is 0.692. The molecule has 0 radical (unpaired) electrons. The topological polar surface area (TPSA) is 60.9 Å². The Morgan fingerprint density at radius 2 is 2.00 bits per heavy atom. The van der Waals surface area contributed by atoms with E-state index in [0.717, 1.165) is 43.6 Å². The minimum absolute atomic E-state index is 0.229. The first-order valence-electron chi connectivity index (χ1n) is 6.46. The molecule has 0 atom stereocenters. The first-order valence-corrected chi connectivity index (χ1v) is 6.83. The average molecular weight is 272 g/mol. The third-order valence-corrected chi connectivity index (χ3v) is 3.53. The summed E-state index contributed by atoms with van der Waals surface area (Å²) in [6, 6.07) is 0. The number of halogens is 1. The molecule has 0 aliphatic heterocycles. The second-order valence-electron chi connectivity index (χ2n) is 4.64. The lowest BCUT2D eigenvalue weighted by molar-refractivity contribution is -0.118. The summed E-state index contributed by atoms with van der Waals surface area (Å²) in [6.07, 6.45) is 5.16. The number of nitrogens with two attached hydrogens (primary N) is 1. The Balaban J connectivity index is 2.36. The van der Waals surface area contributed by atoms with Gasteiger partial charge in [-0.05, 0) is 26.3 Å². The van der Waals surface area contributed by atoms with Crippen LogP contribution in [0.2, 0.25) is 5.02 Å². The molecule has 1 rings (SSSR count). The zero-order chi connectivity index (χ0) is 13.5. The number of Topliss-reactive ketones (excluding diaryl/α,β-unsaturated/α-hetero) is 1. The van der Waals surface area contributed by atoms with Gasteiger partial charge in [0.05, 0.1) is 16.4 Å². The molecule has 0 aromatic carbocycles. The summed E-state index contributed by atoms with van der Waals surface area (Å²) in [4.78, 5) is 11.8. The normalized spacial score (nSPS) is 10.9. The fourth-order valence-corrected chi connectivity index (χ4v) is 2.19. The van der Waals surface area contributed by atoms with Crippen molar-refractivity contribution in [3.63, 3.8) is 0 Å². The molecule has 1 aromatic rings. The number of hydrogen-bond donors (Lipinski definition) is 1. The van der Waals surface area contributed by atoms with Crippen LogP contribution in [-0.4, -0.2) is 22.1 Å². The second-order valence-corrected chi connectivity index (χ2v) is 5.02. The SMILES string of the molecule is Cc1nn(C)c(CC(=O)CCCCCCN)c1Cl. The van der Waals surface area contributed by atoms with E-state index in [2.05, 4.69) is 5.10 Å². The van der Waals surface area contributed by atoms with Gasteiger partial charge in [0.1, 0.15) is 5.78 Å². The third kappa shape index (κ3) is 4.42. The Morgan fingerprint density at radius 3 is 2.56 bits per heavy atom. The lowest BCUT2D eigenvalue weighted by atomic mass is 10.1. The molecule has 0 saturated heterocycles. The van der Waals surface area contributed by atoms with Crippen LogP contribution in [0.4, 0.5) is 0 Å². The zero-order valence-electron chi connectivity index (χ0n) is 11.2. The van der Waals surface area contributed by atoms with E-state index in [0.29, 0.717) is 17.9 Å². The monoisotopic (exact) mass is 271 g/mol. The highest BCUT2D eigenvalue weighted by molar-refractivity contribution is 6.32. The van der Waals surface area contributed by atoms with E-state index in [1.54, 1.807) is 4.68 Å². The number of ketones is 1. The third-order valence-electron chi connectivity index (χ3n) is 3.04. The van der Waals surface area contributed by atoms with Gasteiger partial charge in [0.15, 0.2) is 0 Å². The zero-order valence-corrected chi connectivity index (χ0v) is 12.0. The van der Waals surface area contributed by atoms with E-state index < -0.39 is 0 Å². The number of hydrogen-bond acceptors (Lipinski definition) is 3. The number of nitrogens with zero attached hydrogens (tertiary/aromatic N) is 2. The summed E-state index contributed by atoms with van der Waals surface area (Å²) in [5, 5.41) is 4.82. The standard InChI is InChI=1S/C13H22ClN3O/c1-10-13(14)12(17(2)16-10)9-11(18)7-5-3-4-6-8-15/h3-9,15H2,1-2H3. The summed E-state index contributed by atoms with van der Waals surface area (Å²) in [7, 11) is 1.82. The molecule has 0 aliphatic carbocycles. The Morgan fingerprint density at radius 1 is 1.33 bits per heavy atom. The molecule has 18 heavy (non-hydrogen) atoms. The number of unbranched alkanes of at least 4 members (excludes halogenated alkanes) is 3. The molecule has 0 amide bonds. The van der Waals surface area contributed by atoms with E-state index in [4.69, 9.17) is 17.3 Å². The highest BCUT2D eigenvalue weighted by Gasteiger charge is 2.14. The molecule has 0 saturated carbocycles. The summed E-state index contributed by atoms with van der Waals surface area (Å²) < 4.78 is 1.70. The Bertz CT molecular complexity index is 401. The van der Waals surface area contributed by atoms with Crippen LogP contribution in [0.15, 0.2) is 0 Å². The van der Waals surface area contributed by atoms with Crippen molar-refractivity contribution < 1.29 is 4.79 Å². The number of aryl methyl sites for hydroxylation is 2. The van der Waals surface area contributed by atoms with Gasteiger partial charge in [-0.15, -0.1) is 0 Å². The van der Waals surface area contributed by atoms with Gasteiger partial charge in [-0.2, -0.15) is 5.10 Å². The molecule has 1 aromatic heterocycles. The molecular weight excluding hydrogens is 250 g/mol. The van der Waals surface area contributed by atoms with Gasteiger partial charge in [0, 0.05) is 19.9 Å². The predicted octanol–water partition coefficient (Wildman–Crippen LogP) is 2.40. The van der Waals surface area contributed by atoms with Gasteiger partial charge in [-0.1, -0.05) is 24.4 Å². The maximum atomic E-state index is 11.8. The van der Waals surface area contributed by atoms with E-state index in [1.807, 2.05) is 14.0 Å². The molecule has 0 aliphatic rings. The predicted molar refractivity (Wildman–Crippen MR) is 73.8 cm³/mol. The largest absolute Gasteiger partial charge is 0.330 e. The maximum absolute atomic E-state index is 11.8. The van der Waals surface area contributed by atoms with E-state index in [9.17, 15) is 4.79 Å². The Hall–Kier alpha value is -0.870. The van der Waals surface area contributed by atoms with Gasteiger partial charge in [-0.25, -0.2) is 0 Å². The summed E-state index contributed by atoms with van der Waals surface area (Å²) in [5.41, 5.74) is 7.02. The molecule has 4 nitrogen and oxygen atoms in total. The first-order chi connectivity index (χ1) is 8.56. The van der Waals surface area contributed by atoms with Crippen molar-refractivity contribution in [1.82, 2.24) is 9.78 Å². The van der Waals surface area contributed by atoms with Gasteiger partial charge < -0.3 is 5.73 Å². The summed E-state index contributed by atoms with van der Waals surface area (Å²) >= 11 is 6.11. The number of aromatic nitrogens is 2. The minimum Gasteiger partial charge on any atom is -0.330 e. The van der Waals surface area contributed by atoms with Crippen molar-refractivity contribution >= 4 is 17.4 Å². The van der Waals surface area contributed by atoms with E-state index in [-0.39, 0.29) is 5.78 Å². The van der Waals surface area contributed by atoms with Crippen molar-refractivity contribution in [2.45, 2.75) is 45.4 Å². The lowest BCUT2D eigenvalue weighted by Gasteiger charge is -2.03. The molecule has 0 spiro atoms. The van der Waals surface area contributed by atoms with Gasteiger partial charge in [-0.3, -0.25) is 9.48 Å². The first kappa shape index (κ1) is 15.2.